The van der Waals surface area contributed by atoms with Crippen molar-refractivity contribution in [1.82, 2.24) is 0 Å². The molecule has 0 radical (unpaired) electrons. The summed E-state index contributed by atoms with van der Waals surface area (Å²) < 4.78 is 0. The monoisotopic (exact) mass is 370 g/mol. The number of aromatic hydroxyl groups is 1. The SMILES string of the molecule is CCc1ccc(N2C(=O)SC(CC(=O)Nc3ccc(O)cc3)C2=O)cc1. The number of carbonyl (C=O) groups is 3. The molecule has 0 aliphatic carbocycles. The number of hydrogen-bond acceptors (Lipinski definition) is 5. The quantitative estimate of drug-likeness (QED) is 0.786. The van der Waals surface area contributed by atoms with E-state index in [-0.39, 0.29) is 29.2 Å². The highest BCUT2D eigenvalue weighted by molar-refractivity contribution is 8.15. The summed E-state index contributed by atoms with van der Waals surface area (Å²) in [5.41, 5.74) is 2.15. The number of rotatable bonds is 5. The lowest BCUT2D eigenvalue weighted by atomic mass is 10.1. The van der Waals surface area contributed by atoms with Crippen LogP contribution in [-0.2, 0) is 16.0 Å². The molecule has 7 heteroatoms. The minimum absolute atomic E-state index is 0.0971. The van der Waals surface area contributed by atoms with Crippen LogP contribution in [0, 0.1) is 0 Å². The van der Waals surface area contributed by atoms with Crippen molar-refractivity contribution >= 4 is 40.2 Å². The molecule has 3 rings (SSSR count). The van der Waals surface area contributed by atoms with Crippen molar-refractivity contribution in [1.29, 1.82) is 0 Å². The van der Waals surface area contributed by atoms with Gasteiger partial charge in [0, 0.05) is 12.1 Å². The average molecular weight is 370 g/mol. The van der Waals surface area contributed by atoms with Gasteiger partial charge in [-0.2, -0.15) is 0 Å². The van der Waals surface area contributed by atoms with Gasteiger partial charge in [-0.3, -0.25) is 14.4 Å². The van der Waals surface area contributed by atoms with Gasteiger partial charge in [-0.05, 0) is 60.1 Å². The molecule has 1 unspecified atom stereocenters. The lowest BCUT2D eigenvalue weighted by Crippen LogP contribution is -2.32. The topological polar surface area (TPSA) is 86.7 Å². The fraction of sp³-hybridized carbons (Fsp3) is 0.211. The Morgan fingerprint density at radius 2 is 1.77 bits per heavy atom. The summed E-state index contributed by atoms with van der Waals surface area (Å²) in [5, 5.41) is 10.8. The molecule has 2 aromatic rings. The molecule has 26 heavy (non-hydrogen) atoms. The summed E-state index contributed by atoms with van der Waals surface area (Å²) in [7, 11) is 0. The number of nitrogens with one attached hydrogen (secondary N) is 1. The highest BCUT2D eigenvalue weighted by Crippen LogP contribution is 2.33. The number of imide groups is 1. The molecule has 1 aliphatic rings. The van der Waals surface area contributed by atoms with Crippen molar-refractivity contribution < 1.29 is 19.5 Å². The molecule has 1 atom stereocenters. The molecule has 134 valence electrons. The summed E-state index contributed by atoms with van der Waals surface area (Å²) in [6.07, 6.45) is 0.774. The molecule has 0 bridgehead atoms. The number of anilines is 2. The van der Waals surface area contributed by atoms with Gasteiger partial charge >= 0.3 is 0 Å². The van der Waals surface area contributed by atoms with E-state index in [4.69, 9.17) is 0 Å². The first-order chi connectivity index (χ1) is 12.5. The lowest BCUT2D eigenvalue weighted by Gasteiger charge is -2.14. The summed E-state index contributed by atoms with van der Waals surface area (Å²) in [5.74, 6) is -0.650. The second-order valence-corrected chi connectivity index (χ2v) is 7.02. The summed E-state index contributed by atoms with van der Waals surface area (Å²) >= 11 is 0.865. The predicted molar refractivity (Wildman–Crippen MR) is 101 cm³/mol. The van der Waals surface area contributed by atoms with Crippen LogP contribution in [0.4, 0.5) is 16.2 Å². The number of phenolic OH excluding ortho intramolecular Hbond substituents is 1. The number of phenols is 1. The van der Waals surface area contributed by atoms with E-state index in [1.807, 2.05) is 19.1 Å². The minimum atomic E-state index is -0.745. The van der Waals surface area contributed by atoms with Gasteiger partial charge < -0.3 is 10.4 Å². The summed E-state index contributed by atoms with van der Waals surface area (Å²) in [4.78, 5) is 38.1. The van der Waals surface area contributed by atoms with Crippen molar-refractivity contribution in [3.05, 3.63) is 54.1 Å². The molecule has 0 saturated carbocycles. The second-order valence-electron chi connectivity index (χ2n) is 5.87. The number of carbonyl (C=O) groups excluding carboxylic acids is 3. The van der Waals surface area contributed by atoms with Gasteiger partial charge in [0.2, 0.25) is 11.8 Å². The van der Waals surface area contributed by atoms with E-state index in [9.17, 15) is 19.5 Å². The first-order valence-corrected chi connectivity index (χ1v) is 9.08. The van der Waals surface area contributed by atoms with E-state index in [0.717, 1.165) is 28.6 Å². The largest absolute Gasteiger partial charge is 0.508 e. The first kappa shape index (κ1) is 18.0. The van der Waals surface area contributed by atoms with Gasteiger partial charge in [-0.15, -0.1) is 0 Å². The first-order valence-electron chi connectivity index (χ1n) is 8.20. The Hall–Kier alpha value is -2.80. The third-order valence-electron chi connectivity index (χ3n) is 4.05. The molecule has 3 amide bonds. The van der Waals surface area contributed by atoms with Crippen molar-refractivity contribution in [2.75, 3.05) is 10.2 Å². The van der Waals surface area contributed by atoms with Crippen LogP contribution in [0.25, 0.3) is 0 Å². The zero-order valence-corrected chi connectivity index (χ0v) is 15.0. The molecule has 1 saturated heterocycles. The van der Waals surface area contributed by atoms with E-state index >= 15 is 0 Å². The number of benzene rings is 2. The standard InChI is InChI=1S/C19H18N2O4S/c1-2-12-3-7-14(8-4-12)21-18(24)16(26-19(21)25)11-17(23)20-13-5-9-15(22)10-6-13/h3-10,16,22H,2,11H2,1H3,(H,20,23). The maximum atomic E-state index is 12.6. The fourth-order valence-corrected chi connectivity index (χ4v) is 3.61. The molecule has 6 nitrogen and oxygen atoms in total. The molecule has 1 aliphatic heterocycles. The van der Waals surface area contributed by atoms with Crippen LogP contribution in [0.15, 0.2) is 48.5 Å². The van der Waals surface area contributed by atoms with Crippen LogP contribution in [-0.4, -0.2) is 27.4 Å². The number of hydrogen-bond donors (Lipinski definition) is 2. The van der Waals surface area contributed by atoms with E-state index < -0.39 is 5.25 Å². The number of nitrogens with zero attached hydrogens (tertiary/aromatic N) is 1. The maximum absolute atomic E-state index is 12.6. The lowest BCUT2D eigenvalue weighted by molar-refractivity contribution is -0.121. The molecular weight excluding hydrogens is 352 g/mol. The van der Waals surface area contributed by atoms with Crippen LogP contribution < -0.4 is 10.2 Å². The number of thioether (sulfide) groups is 1. The smallest absolute Gasteiger partial charge is 0.293 e. The molecule has 0 aromatic heterocycles. The van der Waals surface area contributed by atoms with E-state index in [1.165, 1.54) is 12.1 Å². The minimum Gasteiger partial charge on any atom is -0.508 e. The second kappa shape index (κ2) is 7.61. The summed E-state index contributed by atoms with van der Waals surface area (Å²) in [6, 6.07) is 13.3. The highest BCUT2D eigenvalue weighted by Gasteiger charge is 2.41. The van der Waals surface area contributed by atoms with Gasteiger partial charge in [0.05, 0.1) is 5.69 Å². The van der Waals surface area contributed by atoms with Gasteiger partial charge in [-0.25, -0.2) is 4.90 Å². The molecule has 2 N–H and O–H groups in total. The molecular formula is C19H18N2O4S. The van der Waals surface area contributed by atoms with Crippen LogP contribution in [0.5, 0.6) is 5.75 Å². The van der Waals surface area contributed by atoms with Gasteiger partial charge in [0.15, 0.2) is 0 Å². The van der Waals surface area contributed by atoms with Gasteiger partial charge in [-0.1, -0.05) is 19.1 Å². The Kier molecular flexibility index (Phi) is 5.27. The molecule has 2 aromatic carbocycles. The maximum Gasteiger partial charge on any atom is 0.293 e. The number of aryl methyl sites for hydroxylation is 1. The van der Waals surface area contributed by atoms with E-state index in [0.29, 0.717) is 11.4 Å². The van der Waals surface area contributed by atoms with Crippen molar-refractivity contribution in [2.45, 2.75) is 25.0 Å². The Labute approximate surface area is 155 Å². The fourth-order valence-electron chi connectivity index (χ4n) is 2.63. The van der Waals surface area contributed by atoms with Crippen molar-refractivity contribution in [3.8, 4) is 5.75 Å². The van der Waals surface area contributed by atoms with Crippen molar-refractivity contribution in [2.24, 2.45) is 0 Å². The van der Waals surface area contributed by atoms with Crippen LogP contribution in [0.3, 0.4) is 0 Å². The van der Waals surface area contributed by atoms with Crippen LogP contribution in [0.2, 0.25) is 0 Å². The zero-order valence-electron chi connectivity index (χ0n) is 14.1. The highest BCUT2D eigenvalue weighted by atomic mass is 32.2. The summed E-state index contributed by atoms with van der Waals surface area (Å²) in [6.45, 7) is 2.03. The Balaban J connectivity index is 1.66. The Morgan fingerprint density at radius 1 is 1.12 bits per heavy atom. The van der Waals surface area contributed by atoms with Crippen LogP contribution >= 0.6 is 11.8 Å². The van der Waals surface area contributed by atoms with Gasteiger partial charge in [0.1, 0.15) is 11.0 Å². The van der Waals surface area contributed by atoms with E-state index in [1.54, 1.807) is 24.3 Å². The molecule has 1 fully saturated rings. The third-order valence-corrected chi connectivity index (χ3v) is 5.08. The Bertz CT molecular complexity index is 834. The van der Waals surface area contributed by atoms with Gasteiger partial charge in [0.25, 0.3) is 5.24 Å². The molecule has 0 spiro atoms. The molecule has 1 heterocycles. The average Bonchev–Trinajstić information content (AvgIpc) is 2.90. The third kappa shape index (κ3) is 3.88. The van der Waals surface area contributed by atoms with E-state index in [2.05, 4.69) is 5.32 Å². The van der Waals surface area contributed by atoms with Crippen molar-refractivity contribution in [3.63, 3.8) is 0 Å². The van der Waals surface area contributed by atoms with Crippen LogP contribution in [0.1, 0.15) is 18.9 Å². The normalized spacial score (nSPS) is 16.8. The number of amides is 3. The zero-order chi connectivity index (χ0) is 18.7. The Morgan fingerprint density at radius 3 is 2.38 bits per heavy atom. The predicted octanol–water partition coefficient (Wildman–Crippen LogP) is 3.55.